The Morgan fingerprint density at radius 2 is 1.82 bits per heavy atom. The molecule has 1 fully saturated rings. The number of anilines is 2. The minimum atomic E-state index is -0.872. The van der Waals surface area contributed by atoms with Crippen molar-refractivity contribution in [3.63, 3.8) is 0 Å². The largest absolute Gasteiger partial charge is 0.453 e. The number of carbonyl (C=O) groups is 3. The summed E-state index contributed by atoms with van der Waals surface area (Å²) in [5.41, 5.74) is 2.66. The van der Waals surface area contributed by atoms with E-state index in [-0.39, 0.29) is 37.5 Å². The maximum absolute atomic E-state index is 13.4. The lowest BCUT2D eigenvalue weighted by Crippen LogP contribution is -2.53. The van der Waals surface area contributed by atoms with Gasteiger partial charge in [0.15, 0.2) is 0 Å². The number of aliphatic hydroxyl groups is 1. The lowest BCUT2D eigenvalue weighted by Gasteiger charge is -2.29. The van der Waals surface area contributed by atoms with Gasteiger partial charge >= 0.3 is 6.09 Å². The molecule has 9 nitrogen and oxygen atoms in total. The molecule has 0 bridgehead atoms. The van der Waals surface area contributed by atoms with Crippen LogP contribution in [0.25, 0.3) is 0 Å². The van der Waals surface area contributed by atoms with Gasteiger partial charge in [-0.3, -0.25) is 9.59 Å². The maximum atomic E-state index is 13.4. The molecule has 0 aromatic heterocycles. The number of hydrogen-bond acceptors (Lipinski definition) is 6. The zero-order chi connectivity index (χ0) is 27.7. The highest BCUT2D eigenvalue weighted by Crippen LogP contribution is 2.36. The van der Waals surface area contributed by atoms with E-state index in [0.29, 0.717) is 12.1 Å². The summed E-state index contributed by atoms with van der Waals surface area (Å²) in [7, 11) is 1.21. The van der Waals surface area contributed by atoms with Crippen molar-refractivity contribution in [3.8, 4) is 0 Å². The summed E-state index contributed by atoms with van der Waals surface area (Å²) in [4.78, 5) is 41.3. The molecule has 0 unspecified atom stereocenters. The van der Waals surface area contributed by atoms with Gasteiger partial charge < -0.3 is 30.3 Å². The van der Waals surface area contributed by atoms with Crippen molar-refractivity contribution in [2.45, 2.75) is 45.2 Å². The minimum absolute atomic E-state index is 0.139. The van der Waals surface area contributed by atoms with E-state index in [2.05, 4.69) is 20.3 Å². The number of amides is 3. The number of benzene rings is 2. The van der Waals surface area contributed by atoms with Gasteiger partial charge in [0.2, 0.25) is 11.8 Å². The molecule has 1 saturated heterocycles. The molecule has 0 spiro atoms. The van der Waals surface area contributed by atoms with Crippen LogP contribution in [0.5, 0.6) is 0 Å². The molecule has 2 aromatic carbocycles. The first-order chi connectivity index (χ1) is 18.2. The molecule has 3 N–H and O–H groups in total. The lowest BCUT2D eigenvalue weighted by molar-refractivity contribution is -0.137. The summed E-state index contributed by atoms with van der Waals surface area (Å²) in [5.74, 6) is -1.32. The SMILES string of the molecule is COC(=O)N[C@H](C(=O)N(CCCO)CC(=O)Nc1ccc([C@H]2CCCN2c2ccc(F)cc2)cc1)C(C)C. The normalized spacial score (nSPS) is 15.7. The summed E-state index contributed by atoms with van der Waals surface area (Å²) < 4.78 is 18.0. The number of methoxy groups -OCH3 is 1. The fraction of sp³-hybridized carbons (Fsp3) is 0.464. The molecule has 3 rings (SSSR count). The van der Waals surface area contributed by atoms with Crippen LogP contribution >= 0.6 is 0 Å². The van der Waals surface area contributed by atoms with Gasteiger partial charge in [-0.1, -0.05) is 26.0 Å². The Hall–Kier alpha value is -3.66. The zero-order valence-electron chi connectivity index (χ0n) is 22.2. The molecular formula is C28H37FN4O5. The van der Waals surface area contributed by atoms with Gasteiger partial charge in [0, 0.05) is 31.1 Å². The Balaban J connectivity index is 1.65. The molecule has 1 aliphatic heterocycles. The topological polar surface area (TPSA) is 111 Å². The van der Waals surface area contributed by atoms with Gasteiger partial charge in [-0.05, 0) is 67.1 Å². The van der Waals surface area contributed by atoms with Crippen LogP contribution in [0.4, 0.5) is 20.6 Å². The predicted molar refractivity (Wildman–Crippen MR) is 143 cm³/mol. The standard InChI is InChI=1S/C28H37FN4O5/c1-19(2)26(31-28(37)38-3)27(36)32(15-5-17-34)18-25(35)30-22-11-7-20(8-12-22)24-6-4-16-33(24)23-13-9-21(29)10-14-23/h7-14,19,24,26,34H,4-6,15-18H2,1-3H3,(H,30,35)(H,31,37)/t24-,26+/m1/s1. The number of nitrogens with one attached hydrogen (secondary N) is 2. The van der Waals surface area contributed by atoms with Crippen molar-refractivity contribution in [2.24, 2.45) is 5.92 Å². The zero-order valence-corrected chi connectivity index (χ0v) is 22.2. The van der Waals surface area contributed by atoms with Gasteiger partial charge in [0.05, 0.1) is 19.7 Å². The molecule has 0 saturated carbocycles. The van der Waals surface area contributed by atoms with Crippen molar-refractivity contribution in [1.82, 2.24) is 10.2 Å². The summed E-state index contributed by atoms with van der Waals surface area (Å²) in [6.07, 6.45) is 1.56. The highest BCUT2D eigenvalue weighted by Gasteiger charge is 2.30. The second kappa shape index (κ2) is 13.8. The van der Waals surface area contributed by atoms with E-state index in [1.807, 2.05) is 24.3 Å². The van der Waals surface area contributed by atoms with Crippen LogP contribution in [0.3, 0.4) is 0 Å². The molecule has 1 heterocycles. The van der Waals surface area contributed by atoms with Crippen molar-refractivity contribution in [2.75, 3.05) is 43.6 Å². The molecule has 0 radical (unpaired) electrons. The molecule has 10 heteroatoms. The summed E-state index contributed by atoms with van der Waals surface area (Å²) in [6, 6.07) is 13.4. The second-order valence-electron chi connectivity index (χ2n) is 9.69. The quantitative estimate of drug-likeness (QED) is 0.410. The number of hydrogen-bond donors (Lipinski definition) is 3. The molecule has 38 heavy (non-hydrogen) atoms. The number of carbonyl (C=O) groups excluding carboxylic acids is 3. The van der Waals surface area contributed by atoms with Crippen LogP contribution in [0.15, 0.2) is 48.5 Å². The summed E-state index contributed by atoms with van der Waals surface area (Å²) >= 11 is 0. The van der Waals surface area contributed by atoms with E-state index >= 15 is 0 Å². The summed E-state index contributed by atoms with van der Waals surface area (Å²) in [6.45, 7) is 4.24. The Morgan fingerprint density at radius 1 is 1.13 bits per heavy atom. The Bertz CT molecular complexity index is 1080. The predicted octanol–water partition coefficient (Wildman–Crippen LogP) is 3.70. The number of ether oxygens (including phenoxy) is 1. The molecule has 206 valence electrons. The minimum Gasteiger partial charge on any atom is -0.453 e. The third-order valence-corrected chi connectivity index (χ3v) is 6.61. The molecule has 1 aliphatic rings. The highest BCUT2D eigenvalue weighted by atomic mass is 19.1. The van der Waals surface area contributed by atoms with Gasteiger partial charge in [-0.2, -0.15) is 0 Å². The van der Waals surface area contributed by atoms with Gasteiger partial charge in [0.1, 0.15) is 11.9 Å². The fourth-order valence-corrected chi connectivity index (χ4v) is 4.64. The fourth-order valence-electron chi connectivity index (χ4n) is 4.64. The maximum Gasteiger partial charge on any atom is 0.407 e. The van der Waals surface area contributed by atoms with Crippen LogP contribution in [0.2, 0.25) is 0 Å². The van der Waals surface area contributed by atoms with Crippen LogP contribution in [-0.4, -0.2) is 67.3 Å². The molecule has 3 amide bonds. The molecule has 2 atom stereocenters. The third kappa shape index (κ3) is 7.67. The van der Waals surface area contributed by atoms with Crippen molar-refractivity contribution >= 4 is 29.3 Å². The Morgan fingerprint density at radius 3 is 2.42 bits per heavy atom. The first kappa shape index (κ1) is 28.9. The smallest absolute Gasteiger partial charge is 0.407 e. The number of rotatable bonds is 11. The van der Waals surface area contributed by atoms with Crippen molar-refractivity contribution in [3.05, 3.63) is 59.9 Å². The van der Waals surface area contributed by atoms with Crippen LogP contribution < -0.4 is 15.5 Å². The number of nitrogens with zero attached hydrogens (tertiary/aromatic N) is 2. The number of alkyl carbamates (subject to hydrolysis) is 1. The lowest BCUT2D eigenvalue weighted by atomic mass is 10.0. The summed E-state index contributed by atoms with van der Waals surface area (Å²) in [5, 5.41) is 14.6. The average molecular weight is 529 g/mol. The van der Waals surface area contributed by atoms with E-state index in [0.717, 1.165) is 30.6 Å². The van der Waals surface area contributed by atoms with Gasteiger partial charge in [0.25, 0.3) is 0 Å². The third-order valence-electron chi connectivity index (χ3n) is 6.61. The van der Waals surface area contributed by atoms with Crippen LogP contribution in [0, 0.1) is 11.7 Å². The average Bonchev–Trinajstić information content (AvgIpc) is 3.39. The van der Waals surface area contributed by atoms with E-state index in [4.69, 9.17) is 0 Å². The van der Waals surface area contributed by atoms with Crippen LogP contribution in [0.1, 0.15) is 44.7 Å². The van der Waals surface area contributed by atoms with Crippen molar-refractivity contribution in [1.29, 1.82) is 0 Å². The first-order valence-corrected chi connectivity index (χ1v) is 12.9. The number of aliphatic hydroxyl groups excluding tert-OH is 1. The van der Waals surface area contributed by atoms with Gasteiger partial charge in [-0.15, -0.1) is 0 Å². The van der Waals surface area contributed by atoms with E-state index < -0.39 is 23.9 Å². The van der Waals surface area contributed by atoms with E-state index in [9.17, 15) is 23.9 Å². The van der Waals surface area contributed by atoms with Gasteiger partial charge in [-0.25, -0.2) is 9.18 Å². The van der Waals surface area contributed by atoms with Crippen molar-refractivity contribution < 1.29 is 28.6 Å². The van der Waals surface area contributed by atoms with Crippen LogP contribution in [-0.2, 0) is 14.3 Å². The Kier molecular flexibility index (Phi) is 10.5. The molecule has 0 aliphatic carbocycles. The van der Waals surface area contributed by atoms with E-state index in [1.54, 1.807) is 26.0 Å². The monoisotopic (exact) mass is 528 g/mol. The number of halogens is 1. The highest BCUT2D eigenvalue weighted by molar-refractivity contribution is 5.95. The molecular weight excluding hydrogens is 491 g/mol. The second-order valence-corrected chi connectivity index (χ2v) is 9.69. The molecule has 2 aromatic rings. The first-order valence-electron chi connectivity index (χ1n) is 12.9. The van der Waals surface area contributed by atoms with E-state index in [1.165, 1.54) is 24.1 Å². The Labute approximate surface area is 222 Å².